The Morgan fingerprint density at radius 2 is 1.94 bits per heavy atom. The van der Waals surface area contributed by atoms with Crippen molar-refractivity contribution in [2.45, 2.75) is 39.2 Å². The van der Waals surface area contributed by atoms with Gasteiger partial charge in [0, 0.05) is 32.7 Å². The summed E-state index contributed by atoms with van der Waals surface area (Å²) in [5.74, 6) is 0.549. The van der Waals surface area contributed by atoms with Gasteiger partial charge in [-0.05, 0) is 18.8 Å². The normalized spacial score (nSPS) is 17.0. The summed E-state index contributed by atoms with van der Waals surface area (Å²) in [4.78, 5) is 25.1. The van der Waals surface area contributed by atoms with Gasteiger partial charge in [-0.3, -0.25) is 9.59 Å². The molecule has 0 aromatic rings. The molecule has 0 atom stereocenters. The van der Waals surface area contributed by atoms with Crippen molar-refractivity contribution in [1.82, 2.24) is 10.2 Å². The predicted octanol–water partition coefficient (Wildman–Crippen LogP) is 0.786. The van der Waals surface area contributed by atoms with Gasteiger partial charge in [0.1, 0.15) is 6.61 Å². The Balaban J connectivity index is 2.28. The van der Waals surface area contributed by atoms with Gasteiger partial charge in [-0.15, -0.1) is 0 Å². The molecule has 2 amide bonds. The minimum atomic E-state index is -0.0792. The summed E-state index contributed by atoms with van der Waals surface area (Å²) in [6, 6.07) is 0.177. The van der Waals surface area contributed by atoms with Gasteiger partial charge >= 0.3 is 0 Å². The lowest BCUT2D eigenvalue weighted by atomic mass is 10.0. The number of ether oxygens (including phenoxy) is 1. The summed E-state index contributed by atoms with van der Waals surface area (Å²) in [6.07, 6.45) is 2.28. The van der Waals surface area contributed by atoms with E-state index in [1.807, 2.05) is 4.90 Å². The highest BCUT2D eigenvalue weighted by Gasteiger charge is 2.23. The van der Waals surface area contributed by atoms with Crippen LogP contribution in [0, 0.1) is 5.92 Å². The Labute approximate surface area is 109 Å². The minimum Gasteiger partial charge on any atom is -0.375 e. The molecule has 1 fully saturated rings. The van der Waals surface area contributed by atoms with Crippen LogP contribution in [0.3, 0.4) is 0 Å². The van der Waals surface area contributed by atoms with Crippen LogP contribution in [0.15, 0.2) is 0 Å². The lowest BCUT2D eigenvalue weighted by Crippen LogP contribution is -2.47. The molecular weight excluding hydrogens is 232 g/mol. The zero-order valence-corrected chi connectivity index (χ0v) is 11.6. The summed E-state index contributed by atoms with van der Waals surface area (Å²) in [7, 11) is 1.51. The molecule has 0 saturated carbocycles. The van der Waals surface area contributed by atoms with E-state index in [-0.39, 0.29) is 24.5 Å². The topological polar surface area (TPSA) is 58.6 Å². The minimum absolute atomic E-state index is 0.0792. The molecule has 1 N–H and O–H groups in total. The Morgan fingerprint density at radius 3 is 2.44 bits per heavy atom. The van der Waals surface area contributed by atoms with E-state index in [0.717, 1.165) is 25.9 Å². The second-order valence-corrected chi connectivity index (χ2v) is 5.25. The number of likely N-dealkylation sites (tertiary alicyclic amines) is 1. The molecule has 18 heavy (non-hydrogen) atoms. The first-order chi connectivity index (χ1) is 8.52. The monoisotopic (exact) mass is 256 g/mol. The molecule has 0 aromatic heterocycles. The molecule has 0 bridgehead atoms. The second-order valence-electron chi connectivity index (χ2n) is 5.25. The zero-order valence-electron chi connectivity index (χ0n) is 11.6. The molecule has 0 aliphatic carbocycles. The largest absolute Gasteiger partial charge is 0.375 e. The van der Waals surface area contributed by atoms with Crippen molar-refractivity contribution in [3.63, 3.8) is 0 Å². The lowest BCUT2D eigenvalue weighted by Gasteiger charge is -2.32. The van der Waals surface area contributed by atoms with Crippen LogP contribution in [0.5, 0.6) is 0 Å². The van der Waals surface area contributed by atoms with Crippen LogP contribution in [0.2, 0.25) is 0 Å². The molecule has 104 valence electrons. The van der Waals surface area contributed by atoms with E-state index in [1.54, 1.807) is 0 Å². The van der Waals surface area contributed by atoms with Gasteiger partial charge < -0.3 is 15.0 Å². The van der Waals surface area contributed by atoms with Gasteiger partial charge in [0.25, 0.3) is 0 Å². The molecule has 1 rings (SSSR count). The van der Waals surface area contributed by atoms with E-state index in [1.165, 1.54) is 7.11 Å². The summed E-state index contributed by atoms with van der Waals surface area (Å²) < 4.78 is 4.77. The van der Waals surface area contributed by atoms with Gasteiger partial charge in [-0.1, -0.05) is 13.8 Å². The van der Waals surface area contributed by atoms with Crippen molar-refractivity contribution < 1.29 is 14.3 Å². The Hall–Kier alpha value is -1.10. The third kappa shape index (κ3) is 5.04. The van der Waals surface area contributed by atoms with E-state index in [0.29, 0.717) is 12.3 Å². The standard InChI is InChI=1S/C13H24N2O3/c1-10(2)8-13(17)15-6-4-11(5-7-15)14-12(16)9-18-3/h10-11H,4-9H2,1-3H3,(H,14,16). The van der Waals surface area contributed by atoms with Crippen molar-refractivity contribution in [3.8, 4) is 0 Å². The van der Waals surface area contributed by atoms with E-state index < -0.39 is 0 Å². The number of piperidine rings is 1. The maximum atomic E-state index is 11.9. The van der Waals surface area contributed by atoms with Gasteiger partial charge in [-0.25, -0.2) is 0 Å². The lowest BCUT2D eigenvalue weighted by molar-refractivity contribution is -0.133. The Bertz CT molecular complexity index is 284. The highest BCUT2D eigenvalue weighted by atomic mass is 16.5. The maximum absolute atomic E-state index is 11.9. The summed E-state index contributed by atoms with van der Waals surface area (Å²) in [6.45, 7) is 5.69. The quantitative estimate of drug-likeness (QED) is 0.791. The van der Waals surface area contributed by atoms with Crippen LogP contribution >= 0.6 is 0 Å². The Kier molecular flexibility index (Phi) is 6.12. The number of amides is 2. The van der Waals surface area contributed by atoms with Crippen LogP contribution in [0.1, 0.15) is 33.1 Å². The van der Waals surface area contributed by atoms with Crippen LogP contribution in [0.25, 0.3) is 0 Å². The molecule has 1 aliphatic rings. The van der Waals surface area contributed by atoms with E-state index in [2.05, 4.69) is 19.2 Å². The van der Waals surface area contributed by atoms with Gasteiger partial charge in [0.15, 0.2) is 0 Å². The average Bonchev–Trinajstić information content (AvgIpc) is 2.29. The SMILES string of the molecule is COCC(=O)NC1CCN(C(=O)CC(C)C)CC1. The summed E-state index contributed by atoms with van der Waals surface area (Å²) in [5.41, 5.74) is 0. The third-order valence-electron chi connectivity index (χ3n) is 3.07. The molecule has 1 heterocycles. The molecular formula is C13H24N2O3. The Morgan fingerprint density at radius 1 is 1.33 bits per heavy atom. The molecule has 0 radical (unpaired) electrons. The van der Waals surface area contributed by atoms with Crippen molar-refractivity contribution >= 4 is 11.8 Å². The number of methoxy groups -OCH3 is 1. The highest BCUT2D eigenvalue weighted by Crippen LogP contribution is 2.13. The number of carbonyl (C=O) groups is 2. The summed E-state index contributed by atoms with van der Waals surface area (Å²) >= 11 is 0. The molecule has 0 aromatic carbocycles. The zero-order chi connectivity index (χ0) is 13.5. The number of nitrogens with one attached hydrogen (secondary N) is 1. The van der Waals surface area contributed by atoms with Gasteiger partial charge in [-0.2, -0.15) is 0 Å². The molecule has 5 heteroatoms. The van der Waals surface area contributed by atoms with Crippen LogP contribution in [-0.4, -0.2) is 49.6 Å². The molecule has 0 unspecified atom stereocenters. The molecule has 5 nitrogen and oxygen atoms in total. The number of hydrogen-bond donors (Lipinski definition) is 1. The number of hydrogen-bond acceptors (Lipinski definition) is 3. The number of carbonyl (C=O) groups excluding carboxylic acids is 2. The van der Waals surface area contributed by atoms with Crippen molar-refractivity contribution in [2.24, 2.45) is 5.92 Å². The van der Waals surface area contributed by atoms with E-state index in [9.17, 15) is 9.59 Å². The van der Waals surface area contributed by atoms with Gasteiger partial charge in [0.05, 0.1) is 0 Å². The summed E-state index contributed by atoms with van der Waals surface area (Å²) in [5, 5.41) is 2.92. The van der Waals surface area contributed by atoms with Crippen LogP contribution in [-0.2, 0) is 14.3 Å². The van der Waals surface area contributed by atoms with Crippen LogP contribution in [0.4, 0.5) is 0 Å². The predicted molar refractivity (Wildman–Crippen MR) is 69.1 cm³/mol. The fourth-order valence-corrected chi connectivity index (χ4v) is 2.15. The number of rotatable bonds is 5. The maximum Gasteiger partial charge on any atom is 0.246 e. The highest BCUT2D eigenvalue weighted by molar-refractivity contribution is 5.78. The van der Waals surface area contributed by atoms with Crippen molar-refractivity contribution in [1.29, 1.82) is 0 Å². The van der Waals surface area contributed by atoms with Crippen molar-refractivity contribution in [3.05, 3.63) is 0 Å². The molecule has 0 spiro atoms. The van der Waals surface area contributed by atoms with E-state index >= 15 is 0 Å². The first-order valence-corrected chi connectivity index (χ1v) is 6.59. The smallest absolute Gasteiger partial charge is 0.246 e. The third-order valence-corrected chi connectivity index (χ3v) is 3.07. The van der Waals surface area contributed by atoms with Crippen molar-refractivity contribution in [2.75, 3.05) is 26.8 Å². The number of nitrogens with zero attached hydrogens (tertiary/aromatic N) is 1. The average molecular weight is 256 g/mol. The van der Waals surface area contributed by atoms with E-state index in [4.69, 9.17) is 4.74 Å². The first-order valence-electron chi connectivity index (χ1n) is 6.59. The fraction of sp³-hybridized carbons (Fsp3) is 0.846. The van der Waals surface area contributed by atoms with Crippen LogP contribution < -0.4 is 5.32 Å². The first kappa shape index (κ1) is 15.0. The molecule has 1 aliphatic heterocycles. The fourth-order valence-electron chi connectivity index (χ4n) is 2.15. The molecule has 1 saturated heterocycles. The second kappa shape index (κ2) is 7.36. The van der Waals surface area contributed by atoms with Gasteiger partial charge in [0.2, 0.25) is 11.8 Å².